The molecular weight excluding hydrogens is 250 g/mol. The average molecular weight is 261 g/mol. The van der Waals surface area contributed by atoms with Gasteiger partial charge in [0.05, 0.1) is 11.6 Å². The summed E-state index contributed by atoms with van der Waals surface area (Å²) < 4.78 is 0. The van der Waals surface area contributed by atoms with Crippen molar-refractivity contribution in [2.24, 2.45) is 0 Å². The summed E-state index contributed by atoms with van der Waals surface area (Å²) in [4.78, 5) is 1.10. The van der Waals surface area contributed by atoms with E-state index in [1.165, 1.54) is 0 Å². The molecule has 0 saturated heterocycles. The third-order valence-corrected chi connectivity index (χ3v) is 3.85. The van der Waals surface area contributed by atoms with Crippen LogP contribution >= 0.6 is 11.3 Å². The highest BCUT2D eigenvalue weighted by Gasteiger charge is 2.06. The molecule has 0 spiro atoms. The van der Waals surface area contributed by atoms with Crippen LogP contribution in [0, 0.1) is 11.3 Å². The molecule has 0 unspecified atom stereocenters. The van der Waals surface area contributed by atoms with Gasteiger partial charge in [-0.3, -0.25) is 0 Å². The van der Waals surface area contributed by atoms with Crippen molar-refractivity contribution in [1.29, 1.82) is 5.26 Å². The Labute approximate surface area is 116 Å². The van der Waals surface area contributed by atoms with Gasteiger partial charge < -0.3 is 0 Å². The normalized spacial score (nSPS) is 11.4. The number of fused-ring (bicyclic) bond motifs is 1. The number of hydrogen-bond acceptors (Lipinski definition) is 2. The highest BCUT2D eigenvalue weighted by Crippen LogP contribution is 2.27. The molecule has 0 aliphatic carbocycles. The summed E-state index contributed by atoms with van der Waals surface area (Å²) in [7, 11) is 0. The Morgan fingerprint density at radius 2 is 1.84 bits per heavy atom. The minimum atomic E-state index is 0.708. The van der Waals surface area contributed by atoms with Crippen molar-refractivity contribution in [2.75, 3.05) is 0 Å². The Bertz CT molecular complexity index is 771. The monoisotopic (exact) mass is 261 g/mol. The van der Waals surface area contributed by atoms with Crippen LogP contribution in [-0.4, -0.2) is 0 Å². The number of nitrogens with zero attached hydrogens (tertiary/aromatic N) is 1. The Balaban J connectivity index is 2.20. The standard InChI is InChI=1S/C17H11NS/c18-12-14(11-15-7-4-10-19-15)17-9-3-6-13-5-1-2-8-16(13)17/h1-11H/b14-11+. The van der Waals surface area contributed by atoms with Crippen LogP contribution in [0.2, 0.25) is 0 Å². The van der Waals surface area contributed by atoms with Crippen molar-refractivity contribution in [3.05, 3.63) is 70.4 Å². The Morgan fingerprint density at radius 1 is 1.00 bits per heavy atom. The molecule has 2 aromatic carbocycles. The van der Waals surface area contributed by atoms with Gasteiger partial charge in [-0.1, -0.05) is 48.5 Å². The molecule has 0 aliphatic rings. The molecule has 3 aromatic rings. The molecule has 0 N–H and O–H groups in total. The molecule has 0 atom stereocenters. The molecule has 19 heavy (non-hydrogen) atoms. The highest BCUT2D eigenvalue weighted by molar-refractivity contribution is 7.10. The maximum Gasteiger partial charge on any atom is 0.0998 e. The van der Waals surface area contributed by atoms with Gasteiger partial charge in [0.15, 0.2) is 0 Å². The second-order valence-electron chi connectivity index (χ2n) is 4.21. The van der Waals surface area contributed by atoms with Crippen LogP contribution in [0.5, 0.6) is 0 Å². The molecule has 3 rings (SSSR count). The van der Waals surface area contributed by atoms with Crippen LogP contribution < -0.4 is 0 Å². The van der Waals surface area contributed by atoms with E-state index in [4.69, 9.17) is 0 Å². The van der Waals surface area contributed by atoms with Gasteiger partial charge in [-0.15, -0.1) is 11.3 Å². The fourth-order valence-corrected chi connectivity index (χ4v) is 2.80. The molecule has 1 heterocycles. The van der Waals surface area contributed by atoms with E-state index in [-0.39, 0.29) is 0 Å². The predicted molar refractivity (Wildman–Crippen MR) is 81.8 cm³/mol. The second kappa shape index (κ2) is 5.09. The SMILES string of the molecule is N#C/C(=C\c1cccs1)c1cccc2ccccc12. The predicted octanol–water partition coefficient (Wildman–Crippen LogP) is 4.97. The molecule has 0 fully saturated rings. The van der Waals surface area contributed by atoms with Crippen LogP contribution in [0.25, 0.3) is 22.4 Å². The Kier molecular flexibility index (Phi) is 3.14. The quantitative estimate of drug-likeness (QED) is 0.598. The third kappa shape index (κ3) is 2.29. The van der Waals surface area contributed by atoms with Gasteiger partial charge in [0.25, 0.3) is 0 Å². The van der Waals surface area contributed by atoms with E-state index in [9.17, 15) is 5.26 Å². The fourth-order valence-electron chi connectivity index (χ4n) is 2.15. The van der Waals surface area contributed by atoms with Crippen LogP contribution in [0.3, 0.4) is 0 Å². The molecule has 0 saturated carbocycles. The largest absolute Gasteiger partial charge is 0.192 e. The van der Waals surface area contributed by atoms with Gasteiger partial charge in [0, 0.05) is 10.4 Å². The smallest absolute Gasteiger partial charge is 0.0998 e. The highest BCUT2D eigenvalue weighted by atomic mass is 32.1. The first kappa shape index (κ1) is 11.7. The van der Waals surface area contributed by atoms with Crippen LogP contribution in [0.4, 0.5) is 0 Å². The number of benzene rings is 2. The minimum absolute atomic E-state index is 0.708. The molecule has 2 heteroatoms. The first-order valence-electron chi connectivity index (χ1n) is 6.02. The maximum atomic E-state index is 9.42. The van der Waals surface area contributed by atoms with Gasteiger partial charge in [0.2, 0.25) is 0 Å². The van der Waals surface area contributed by atoms with E-state index >= 15 is 0 Å². The lowest BCUT2D eigenvalue weighted by atomic mass is 9.98. The summed E-state index contributed by atoms with van der Waals surface area (Å²) in [5.74, 6) is 0. The molecule has 1 nitrogen and oxygen atoms in total. The molecule has 0 aliphatic heterocycles. The number of allylic oxidation sites excluding steroid dienone is 1. The number of hydrogen-bond donors (Lipinski definition) is 0. The number of rotatable bonds is 2. The zero-order valence-electron chi connectivity index (χ0n) is 10.2. The lowest BCUT2D eigenvalue weighted by Gasteiger charge is -2.04. The molecule has 0 bridgehead atoms. The van der Waals surface area contributed by atoms with Crippen molar-refractivity contribution >= 4 is 33.8 Å². The summed E-state index contributed by atoms with van der Waals surface area (Å²) in [5, 5.41) is 13.7. The van der Waals surface area contributed by atoms with Crippen molar-refractivity contribution in [1.82, 2.24) is 0 Å². The molecular formula is C17H11NS. The molecule has 1 aromatic heterocycles. The molecule has 90 valence electrons. The zero-order valence-corrected chi connectivity index (χ0v) is 11.0. The Hall–Kier alpha value is -2.37. The summed E-state index contributed by atoms with van der Waals surface area (Å²) in [6.45, 7) is 0. The summed E-state index contributed by atoms with van der Waals surface area (Å²) >= 11 is 1.64. The van der Waals surface area contributed by atoms with Gasteiger partial charge in [0.1, 0.15) is 0 Å². The van der Waals surface area contributed by atoms with E-state index in [0.29, 0.717) is 5.57 Å². The van der Waals surface area contributed by atoms with Crippen molar-refractivity contribution in [3.63, 3.8) is 0 Å². The van der Waals surface area contributed by atoms with Crippen LogP contribution in [0.15, 0.2) is 60.0 Å². The second-order valence-corrected chi connectivity index (χ2v) is 5.19. The summed E-state index contributed by atoms with van der Waals surface area (Å²) in [5.41, 5.74) is 1.70. The minimum Gasteiger partial charge on any atom is -0.192 e. The van der Waals surface area contributed by atoms with E-state index in [0.717, 1.165) is 21.2 Å². The average Bonchev–Trinajstić information content (AvgIpc) is 2.97. The van der Waals surface area contributed by atoms with E-state index in [1.54, 1.807) is 11.3 Å². The lowest BCUT2D eigenvalue weighted by molar-refractivity contribution is 1.53. The first-order chi connectivity index (χ1) is 9.38. The zero-order chi connectivity index (χ0) is 13.1. The van der Waals surface area contributed by atoms with Crippen LogP contribution in [0.1, 0.15) is 10.4 Å². The first-order valence-corrected chi connectivity index (χ1v) is 6.90. The molecule has 0 radical (unpaired) electrons. The van der Waals surface area contributed by atoms with Crippen molar-refractivity contribution in [2.45, 2.75) is 0 Å². The van der Waals surface area contributed by atoms with Gasteiger partial charge in [-0.05, 0) is 28.3 Å². The van der Waals surface area contributed by atoms with Gasteiger partial charge >= 0.3 is 0 Å². The van der Waals surface area contributed by atoms with Crippen molar-refractivity contribution in [3.8, 4) is 6.07 Å². The van der Waals surface area contributed by atoms with E-state index in [1.807, 2.05) is 47.9 Å². The molecule has 0 amide bonds. The number of thiophene rings is 1. The van der Waals surface area contributed by atoms with E-state index < -0.39 is 0 Å². The lowest BCUT2D eigenvalue weighted by Crippen LogP contribution is -1.84. The summed E-state index contributed by atoms with van der Waals surface area (Å²) in [6, 6.07) is 20.6. The summed E-state index contributed by atoms with van der Waals surface area (Å²) in [6.07, 6.45) is 1.95. The van der Waals surface area contributed by atoms with Crippen LogP contribution in [-0.2, 0) is 0 Å². The van der Waals surface area contributed by atoms with E-state index in [2.05, 4.69) is 24.3 Å². The fraction of sp³-hybridized carbons (Fsp3) is 0. The topological polar surface area (TPSA) is 23.8 Å². The van der Waals surface area contributed by atoms with Crippen molar-refractivity contribution < 1.29 is 0 Å². The van der Waals surface area contributed by atoms with Gasteiger partial charge in [-0.25, -0.2) is 0 Å². The number of nitriles is 1. The van der Waals surface area contributed by atoms with Gasteiger partial charge in [-0.2, -0.15) is 5.26 Å². The maximum absolute atomic E-state index is 9.42. The third-order valence-electron chi connectivity index (χ3n) is 3.03. The Morgan fingerprint density at radius 3 is 2.63 bits per heavy atom.